The Kier molecular flexibility index (Phi) is 4.21. The molecule has 2 aromatic rings. The summed E-state index contributed by atoms with van der Waals surface area (Å²) in [6, 6.07) is 6.48. The fourth-order valence-electron chi connectivity index (χ4n) is 1.62. The van der Waals surface area contributed by atoms with E-state index in [1.165, 1.54) is 6.26 Å². The highest BCUT2D eigenvalue weighted by atomic mass is 35.5. The van der Waals surface area contributed by atoms with Gasteiger partial charge >= 0.3 is 5.97 Å². The van der Waals surface area contributed by atoms with Crippen LogP contribution in [0.15, 0.2) is 45.9 Å². The lowest BCUT2D eigenvalue weighted by atomic mass is 10.2. The van der Waals surface area contributed by atoms with E-state index in [2.05, 4.69) is 0 Å². The Morgan fingerprint density at radius 1 is 1.38 bits per heavy atom. The second-order valence-corrected chi connectivity index (χ2v) is 6.56. The molecule has 0 aliphatic carbocycles. The average molecular weight is 331 g/mol. The van der Waals surface area contributed by atoms with Gasteiger partial charge in [-0.25, -0.2) is 13.2 Å². The van der Waals surface area contributed by atoms with Gasteiger partial charge in [0.1, 0.15) is 5.76 Å². The Bertz CT molecular complexity index is 758. The van der Waals surface area contributed by atoms with Crippen molar-refractivity contribution in [2.75, 3.05) is 5.73 Å². The number of furan rings is 1. The molecule has 0 spiro atoms. The maximum Gasteiger partial charge on any atom is 0.337 e. The van der Waals surface area contributed by atoms with Crippen LogP contribution in [0.4, 0.5) is 5.69 Å². The van der Waals surface area contributed by atoms with Crippen molar-refractivity contribution in [2.24, 2.45) is 0 Å². The maximum atomic E-state index is 12.2. The molecule has 2 rings (SSSR count). The standard InChI is InChI=1S/C12H11ClN2O5S/c13-15(7-8-2-1-5-20-8)21(18,19)9-3-4-10(12(16)17)11(14)6-9/h1-6H,7,14H2,(H,16,17). The van der Waals surface area contributed by atoms with Gasteiger partial charge in [0.15, 0.2) is 0 Å². The van der Waals surface area contributed by atoms with E-state index >= 15 is 0 Å². The molecule has 0 aliphatic heterocycles. The number of rotatable bonds is 5. The SMILES string of the molecule is Nc1cc(S(=O)(=O)N(Cl)Cc2ccco2)ccc1C(=O)O. The molecule has 0 fully saturated rings. The lowest BCUT2D eigenvalue weighted by molar-refractivity contribution is 0.0698. The molecule has 0 radical (unpaired) electrons. The molecule has 0 aliphatic rings. The van der Waals surface area contributed by atoms with Crippen LogP contribution in [-0.4, -0.2) is 23.3 Å². The largest absolute Gasteiger partial charge is 0.478 e. The fourth-order valence-corrected chi connectivity index (χ4v) is 3.02. The first-order valence-corrected chi connectivity index (χ1v) is 7.44. The number of carbonyl (C=O) groups is 1. The second-order valence-electron chi connectivity index (χ2n) is 4.08. The third-order valence-corrected chi connectivity index (χ3v) is 4.84. The third kappa shape index (κ3) is 3.18. The summed E-state index contributed by atoms with van der Waals surface area (Å²) in [6.45, 7) is -0.169. The number of sulfonamides is 1. The van der Waals surface area contributed by atoms with Crippen molar-refractivity contribution in [3.05, 3.63) is 47.9 Å². The van der Waals surface area contributed by atoms with Gasteiger partial charge in [0, 0.05) is 5.69 Å². The summed E-state index contributed by atoms with van der Waals surface area (Å²) in [5, 5.41) is 8.86. The van der Waals surface area contributed by atoms with Crippen LogP contribution in [0.5, 0.6) is 0 Å². The van der Waals surface area contributed by atoms with Crippen molar-refractivity contribution < 1.29 is 22.7 Å². The highest BCUT2D eigenvalue weighted by molar-refractivity contribution is 7.90. The van der Waals surface area contributed by atoms with E-state index < -0.39 is 16.0 Å². The lowest BCUT2D eigenvalue weighted by Crippen LogP contribution is -2.21. The van der Waals surface area contributed by atoms with Crippen LogP contribution in [0.2, 0.25) is 0 Å². The highest BCUT2D eigenvalue weighted by Gasteiger charge is 2.25. The van der Waals surface area contributed by atoms with Gasteiger partial charge in [0.05, 0.1) is 23.3 Å². The first-order chi connectivity index (χ1) is 9.82. The zero-order valence-electron chi connectivity index (χ0n) is 10.6. The van der Waals surface area contributed by atoms with Crippen LogP contribution >= 0.6 is 11.8 Å². The Balaban J connectivity index is 2.31. The van der Waals surface area contributed by atoms with Crippen molar-refractivity contribution in [2.45, 2.75) is 11.4 Å². The summed E-state index contributed by atoms with van der Waals surface area (Å²) < 4.78 is 30.1. The number of hydrogen-bond acceptors (Lipinski definition) is 5. The molecule has 0 amide bonds. The molecule has 21 heavy (non-hydrogen) atoms. The summed E-state index contributed by atoms with van der Waals surface area (Å²) in [5.41, 5.74) is 5.19. The summed E-state index contributed by atoms with van der Waals surface area (Å²) in [4.78, 5) is 10.6. The normalized spacial score (nSPS) is 11.7. The molecule has 7 nitrogen and oxygen atoms in total. The predicted molar refractivity (Wildman–Crippen MR) is 75.1 cm³/mol. The Hall–Kier alpha value is -2.03. The Morgan fingerprint density at radius 2 is 2.10 bits per heavy atom. The Morgan fingerprint density at radius 3 is 2.62 bits per heavy atom. The topological polar surface area (TPSA) is 114 Å². The van der Waals surface area contributed by atoms with E-state index in [9.17, 15) is 13.2 Å². The molecule has 112 valence electrons. The molecule has 0 saturated carbocycles. The van der Waals surface area contributed by atoms with E-state index in [4.69, 9.17) is 27.0 Å². The van der Waals surface area contributed by atoms with Crippen molar-refractivity contribution in [3.63, 3.8) is 0 Å². The van der Waals surface area contributed by atoms with E-state index in [1.54, 1.807) is 12.1 Å². The van der Waals surface area contributed by atoms with Gasteiger partial charge in [0.2, 0.25) is 0 Å². The Labute approximate surface area is 125 Å². The van der Waals surface area contributed by atoms with Crippen LogP contribution in [0, 0.1) is 0 Å². The van der Waals surface area contributed by atoms with Crippen LogP contribution in [0.25, 0.3) is 0 Å². The molecule has 0 saturated heterocycles. The zero-order chi connectivity index (χ0) is 15.6. The van der Waals surface area contributed by atoms with Crippen molar-refractivity contribution in [1.29, 1.82) is 0 Å². The number of halogens is 1. The number of nitrogens with two attached hydrogens (primary N) is 1. The first-order valence-electron chi connectivity index (χ1n) is 5.66. The quantitative estimate of drug-likeness (QED) is 0.639. The van der Waals surface area contributed by atoms with Gasteiger partial charge in [-0.3, -0.25) is 0 Å². The van der Waals surface area contributed by atoms with E-state index in [0.717, 1.165) is 18.2 Å². The van der Waals surface area contributed by atoms with Gasteiger partial charge in [-0.2, -0.15) is 0 Å². The molecule has 1 aromatic carbocycles. The number of carboxylic acids is 1. The smallest absolute Gasteiger partial charge is 0.337 e. The van der Waals surface area contributed by atoms with E-state index in [0.29, 0.717) is 9.58 Å². The summed E-state index contributed by atoms with van der Waals surface area (Å²) in [5.74, 6) is -0.876. The predicted octanol–water partition coefficient (Wildman–Crippen LogP) is 1.90. The monoisotopic (exact) mass is 330 g/mol. The number of benzene rings is 1. The lowest BCUT2D eigenvalue weighted by Gasteiger charge is -2.13. The minimum Gasteiger partial charge on any atom is -0.478 e. The number of carboxylic acid groups (broad SMARTS) is 1. The summed E-state index contributed by atoms with van der Waals surface area (Å²) in [6.07, 6.45) is 1.40. The summed E-state index contributed by atoms with van der Waals surface area (Å²) >= 11 is 5.78. The fraction of sp³-hybridized carbons (Fsp3) is 0.0833. The molecular weight excluding hydrogens is 320 g/mol. The second kappa shape index (κ2) is 5.76. The average Bonchev–Trinajstić information content (AvgIpc) is 2.90. The maximum absolute atomic E-state index is 12.2. The van der Waals surface area contributed by atoms with Crippen molar-refractivity contribution in [3.8, 4) is 0 Å². The molecular formula is C12H11ClN2O5S. The van der Waals surface area contributed by atoms with E-state index in [-0.39, 0.29) is 22.7 Å². The molecule has 0 bridgehead atoms. The number of aromatic carboxylic acids is 1. The van der Waals surface area contributed by atoms with Crippen LogP contribution in [0.3, 0.4) is 0 Å². The molecule has 1 aromatic heterocycles. The molecule has 9 heteroatoms. The van der Waals surface area contributed by atoms with Gasteiger partial charge in [-0.05, 0) is 42.1 Å². The third-order valence-electron chi connectivity index (χ3n) is 2.67. The summed E-state index contributed by atoms with van der Waals surface area (Å²) in [7, 11) is -4.01. The van der Waals surface area contributed by atoms with Crippen LogP contribution in [-0.2, 0) is 16.6 Å². The van der Waals surface area contributed by atoms with Crippen molar-refractivity contribution in [1.82, 2.24) is 3.82 Å². The molecule has 0 atom stereocenters. The number of hydrogen-bond donors (Lipinski definition) is 2. The molecule has 0 unspecified atom stereocenters. The molecule has 1 heterocycles. The highest BCUT2D eigenvalue weighted by Crippen LogP contribution is 2.24. The van der Waals surface area contributed by atoms with Gasteiger partial charge in [-0.15, -0.1) is 3.82 Å². The molecule has 3 N–H and O–H groups in total. The van der Waals surface area contributed by atoms with Crippen molar-refractivity contribution >= 4 is 33.5 Å². The van der Waals surface area contributed by atoms with Gasteiger partial charge in [0.25, 0.3) is 10.0 Å². The van der Waals surface area contributed by atoms with Crippen LogP contribution in [0.1, 0.15) is 16.1 Å². The minimum absolute atomic E-state index is 0.161. The number of nitrogens with zero attached hydrogens (tertiary/aromatic N) is 1. The van der Waals surface area contributed by atoms with Gasteiger partial charge in [-0.1, -0.05) is 0 Å². The number of nitrogen functional groups attached to an aromatic ring is 1. The minimum atomic E-state index is -4.01. The van der Waals surface area contributed by atoms with E-state index in [1.807, 2.05) is 0 Å². The first kappa shape index (κ1) is 15.4. The van der Waals surface area contributed by atoms with Gasteiger partial charge < -0.3 is 15.3 Å². The van der Waals surface area contributed by atoms with Crippen LogP contribution < -0.4 is 5.73 Å². The zero-order valence-corrected chi connectivity index (χ0v) is 12.1. The number of anilines is 1.